The molecule has 0 spiro atoms. The summed E-state index contributed by atoms with van der Waals surface area (Å²) in [5.74, 6) is 5.72. The Kier molecular flexibility index (Phi) is 6.00. The van der Waals surface area contributed by atoms with E-state index in [2.05, 4.69) is 21.4 Å². The SMILES string of the molecule is COc1ccc(CCCCC(=O)NN)cc1Br. The van der Waals surface area contributed by atoms with Gasteiger partial charge < -0.3 is 4.74 Å². The Bertz CT molecular complexity index is 383. The fourth-order valence-electron chi connectivity index (χ4n) is 1.55. The first-order chi connectivity index (χ1) is 8.17. The van der Waals surface area contributed by atoms with E-state index >= 15 is 0 Å². The third kappa shape index (κ3) is 4.75. The van der Waals surface area contributed by atoms with Crippen molar-refractivity contribution >= 4 is 21.8 Å². The third-order valence-electron chi connectivity index (χ3n) is 2.50. The number of hydrogen-bond donors (Lipinski definition) is 2. The van der Waals surface area contributed by atoms with Gasteiger partial charge in [-0.25, -0.2) is 5.84 Å². The Labute approximate surface area is 110 Å². The van der Waals surface area contributed by atoms with Crippen LogP contribution in [0, 0.1) is 0 Å². The van der Waals surface area contributed by atoms with Crippen LogP contribution in [0.1, 0.15) is 24.8 Å². The van der Waals surface area contributed by atoms with Crippen molar-refractivity contribution in [3.05, 3.63) is 28.2 Å². The molecule has 4 nitrogen and oxygen atoms in total. The lowest BCUT2D eigenvalue weighted by Gasteiger charge is -2.06. The van der Waals surface area contributed by atoms with E-state index in [1.165, 1.54) is 5.56 Å². The zero-order chi connectivity index (χ0) is 12.7. The molecule has 1 aromatic carbocycles. The van der Waals surface area contributed by atoms with Crippen molar-refractivity contribution in [2.45, 2.75) is 25.7 Å². The molecule has 0 saturated carbocycles. The van der Waals surface area contributed by atoms with Crippen LogP contribution in [-0.2, 0) is 11.2 Å². The summed E-state index contributed by atoms with van der Waals surface area (Å²) >= 11 is 3.45. The number of carbonyl (C=O) groups excluding carboxylic acids is 1. The molecule has 17 heavy (non-hydrogen) atoms. The molecular weight excluding hydrogens is 284 g/mol. The molecule has 0 heterocycles. The van der Waals surface area contributed by atoms with Gasteiger partial charge in [0.1, 0.15) is 5.75 Å². The minimum absolute atomic E-state index is 0.110. The number of aryl methyl sites for hydroxylation is 1. The van der Waals surface area contributed by atoms with Crippen LogP contribution < -0.4 is 16.0 Å². The maximum Gasteiger partial charge on any atom is 0.233 e. The minimum Gasteiger partial charge on any atom is -0.496 e. The van der Waals surface area contributed by atoms with Crippen LogP contribution in [0.4, 0.5) is 0 Å². The number of nitrogens with one attached hydrogen (secondary N) is 1. The monoisotopic (exact) mass is 300 g/mol. The highest BCUT2D eigenvalue weighted by atomic mass is 79.9. The molecule has 5 heteroatoms. The van der Waals surface area contributed by atoms with Gasteiger partial charge in [0.2, 0.25) is 5.91 Å². The van der Waals surface area contributed by atoms with Crippen LogP contribution in [0.5, 0.6) is 5.75 Å². The van der Waals surface area contributed by atoms with Gasteiger partial charge in [0.25, 0.3) is 0 Å². The van der Waals surface area contributed by atoms with Crippen LogP contribution in [-0.4, -0.2) is 13.0 Å². The van der Waals surface area contributed by atoms with E-state index in [0.717, 1.165) is 29.5 Å². The Morgan fingerprint density at radius 3 is 2.82 bits per heavy atom. The second-order valence-electron chi connectivity index (χ2n) is 3.74. The predicted molar refractivity (Wildman–Crippen MR) is 70.6 cm³/mol. The van der Waals surface area contributed by atoms with Crippen LogP contribution in [0.2, 0.25) is 0 Å². The van der Waals surface area contributed by atoms with Crippen LogP contribution in [0.3, 0.4) is 0 Å². The lowest BCUT2D eigenvalue weighted by Crippen LogP contribution is -2.29. The molecule has 1 aromatic rings. The van der Waals surface area contributed by atoms with Crippen molar-refractivity contribution in [3.8, 4) is 5.75 Å². The average molecular weight is 301 g/mol. The van der Waals surface area contributed by atoms with Crippen LogP contribution >= 0.6 is 15.9 Å². The van der Waals surface area contributed by atoms with E-state index in [1.807, 2.05) is 18.2 Å². The maximum atomic E-state index is 10.9. The van der Waals surface area contributed by atoms with Crippen molar-refractivity contribution in [3.63, 3.8) is 0 Å². The fourth-order valence-corrected chi connectivity index (χ4v) is 2.14. The molecule has 1 rings (SSSR count). The molecule has 0 bridgehead atoms. The van der Waals surface area contributed by atoms with Gasteiger partial charge in [-0.05, 0) is 52.9 Å². The molecule has 0 saturated heterocycles. The molecule has 0 aliphatic rings. The van der Waals surface area contributed by atoms with Gasteiger partial charge in [-0.15, -0.1) is 0 Å². The number of hydrogen-bond acceptors (Lipinski definition) is 3. The molecule has 94 valence electrons. The van der Waals surface area contributed by atoms with E-state index in [1.54, 1.807) is 7.11 Å². The fraction of sp³-hybridized carbons (Fsp3) is 0.417. The quantitative estimate of drug-likeness (QED) is 0.366. The normalized spacial score (nSPS) is 10.1. The summed E-state index contributed by atoms with van der Waals surface area (Å²) in [6.07, 6.45) is 3.23. The lowest BCUT2D eigenvalue weighted by atomic mass is 10.1. The number of benzene rings is 1. The molecule has 0 atom stereocenters. The zero-order valence-electron chi connectivity index (χ0n) is 9.83. The number of unbranched alkanes of at least 4 members (excludes halogenated alkanes) is 1. The van der Waals surface area contributed by atoms with Gasteiger partial charge in [-0.1, -0.05) is 6.07 Å². The summed E-state index contributed by atoms with van der Waals surface area (Å²) in [7, 11) is 1.64. The van der Waals surface area contributed by atoms with Crippen molar-refractivity contribution in [2.75, 3.05) is 7.11 Å². The first kappa shape index (κ1) is 14.0. The summed E-state index contributed by atoms with van der Waals surface area (Å²) in [6.45, 7) is 0. The number of amides is 1. The molecule has 0 unspecified atom stereocenters. The number of halogens is 1. The molecule has 1 amide bonds. The molecule has 3 N–H and O–H groups in total. The molecular formula is C12H17BrN2O2. The molecule has 0 radical (unpaired) electrons. The molecule has 0 aromatic heterocycles. The molecule has 0 fully saturated rings. The second kappa shape index (κ2) is 7.29. The second-order valence-corrected chi connectivity index (χ2v) is 4.60. The largest absolute Gasteiger partial charge is 0.496 e. The first-order valence-corrected chi connectivity index (χ1v) is 6.28. The number of nitrogens with two attached hydrogens (primary N) is 1. The average Bonchev–Trinajstić information content (AvgIpc) is 2.34. The number of carbonyl (C=O) groups is 1. The van der Waals surface area contributed by atoms with Gasteiger partial charge in [0.05, 0.1) is 11.6 Å². The Hall–Kier alpha value is -1.07. The zero-order valence-corrected chi connectivity index (χ0v) is 11.4. The van der Waals surface area contributed by atoms with E-state index in [-0.39, 0.29) is 5.91 Å². The topological polar surface area (TPSA) is 64.3 Å². The summed E-state index contributed by atoms with van der Waals surface area (Å²) < 4.78 is 6.11. The van der Waals surface area contributed by atoms with E-state index in [4.69, 9.17) is 10.6 Å². The number of rotatable bonds is 6. The Morgan fingerprint density at radius 1 is 1.47 bits per heavy atom. The van der Waals surface area contributed by atoms with Crippen molar-refractivity contribution < 1.29 is 9.53 Å². The Balaban J connectivity index is 2.37. The predicted octanol–water partition coefficient (Wildman–Crippen LogP) is 2.16. The van der Waals surface area contributed by atoms with E-state index in [9.17, 15) is 4.79 Å². The third-order valence-corrected chi connectivity index (χ3v) is 3.12. The maximum absolute atomic E-state index is 10.9. The van der Waals surface area contributed by atoms with Gasteiger partial charge in [-0.3, -0.25) is 10.2 Å². The standard InChI is InChI=1S/C12H17BrN2O2/c1-17-11-7-6-9(8-10(11)13)4-2-3-5-12(16)15-14/h6-8H,2-5,14H2,1H3,(H,15,16). The first-order valence-electron chi connectivity index (χ1n) is 5.49. The summed E-state index contributed by atoms with van der Waals surface area (Å²) in [5.41, 5.74) is 3.35. The van der Waals surface area contributed by atoms with Crippen molar-refractivity contribution in [1.29, 1.82) is 0 Å². The number of hydrazine groups is 1. The summed E-state index contributed by atoms with van der Waals surface area (Å²) in [6, 6.07) is 6.01. The highest BCUT2D eigenvalue weighted by molar-refractivity contribution is 9.10. The highest BCUT2D eigenvalue weighted by Gasteiger charge is 2.02. The van der Waals surface area contributed by atoms with Crippen molar-refractivity contribution in [1.82, 2.24) is 5.43 Å². The van der Waals surface area contributed by atoms with E-state index in [0.29, 0.717) is 6.42 Å². The van der Waals surface area contributed by atoms with Crippen LogP contribution in [0.15, 0.2) is 22.7 Å². The van der Waals surface area contributed by atoms with E-state index < -0.39 is 0 Å². The number of methoxy groups -OCH3 is 1. The highest BCUT2D eigenvalue weighted by Crippen LogP contribution is 2.26. The summed E-state index contributed by atoms with van der Waals surface area (Å²) in [4.78, 5) is 10.9. The van der Waals surface area contributed by atoms with Gasteiger partial charge in [0, 0.05) is 6.42 Å². The van der Waals surface area contributed by atoms with Crippen molar-refractivity contribution in [2.24, 2.45) is 5.84 Å². The van der Waals surface area contributed by atoms with Gasteiger partial charge in [0.15, 0.2) is 0 Å². The lowest BCUT2D eigenvalue weighted by molar-refractivity contribution is -0.121. The number of ether oxygens (including phenoxy) is 1. The smallest absolute Gasteiger partial charge is 0.233 e. The van der Waals surface area contributed by atoms with Gasteiger partial charge in [-0.2, -0.15) is 0 Å². The molecule has 0 aliphatic carbocycles. The van der Waals surface area contributed by atoms with Crippen LogP contribution in [0.25, 0.3) is 0 Å². The minimum atomic E-state index is -0.110. The Morgan fingerprint density at radius 2 is 2.24 bits per heavy atom. The summed E-state index contributed by atoms with van der Waals surface area (Å²) in [5, 5.41) is 0. The van der Waals surface area contributed by atoms with Gasteiger partial charge >= 0.3 is 0 Å². The molecule has 0 aliphatic heterocycles.